The Morgan fingerprint density at radius 3 is 3.00 bits per heavy atom. The zero-order valence-corrected chi connectivity index (χ0v) is 11.3. The maximum atomic E-state index is 10.3. The summed E-state index contributed by atoms with van der Waals surface area (Å²) in [6, 6.07) is 6.97. The van der Waals surface area contributed by atoms with Crippen LogP contribution in [0.25, 0.3) is 0 Å². The van der Waals surface area contributed by atoms with Crippen molar-refractivity contribution in [3.63, 3.8) is 0 Å². The summed E-state index contributed by atoms with van der Waals surface area (Å²) < 4.78 is 10.5. The van der Waals surface area contributed by atoms with Crippen LogP contribution in [0.2, 0.25) is 5.02 Å². The zero-order chi connectivity index (χ0) is 14.1. The van der Waals surface area contributed by atoms with Crippen molar-refractivity contribution in [2.75, 3.05) is 12.5 Å². The molecule has 104 valence electrons. The normalized spacial score (nSPS) is 14.3. The van der Waals surface area contributed by atoms with Crippen LogP contribution in [-0.2, 0) is 6.42 Å². The molecule has 2 heterocycles. The Morgan fingerprint density at radius 1 is 1.35 bits per heavy atom. The highest BCUT2D eigenvalue weighted by Crippen LogP contribution is 2.41. The maximum absolute atomic E-state index is 10.3. The number of nitrogens with two attached hydrogens (primary N) is 1. The molecular weight excluding hydrogens is 280 g/mol. The number of fused-ring (bicyclic) bond motifs is 1. The Hall–Kier alpha value is -1.98. The average Bonchev–Trinajstić information content (AvgIpc) is 2.87. The lowest BCUT2D eigenvalue weighted by Crippen LogP contribution is -2.03. The summed E-state index contributed by atoms with van der Waals surface area (Å²) in [4.78, 5) is 3.92. The Bertz CT molecular complexity index is 648. The van der Waals surface area contributed by atoms with Crippen molar-refractivity contribution < 1.29 is 14.6 Å². The number of benzene rings is 1. The SMILES string of the molecule is Nc1cc(CC(O)c2cc(Cl)c3c(c2)OCO3)ccn1. The Kier molecular flexibility index (Phi) is 3.38. The molecule has 1 aromatic heterocycles. The van der Waals surface area contributed by atoms with E-state index < -0.39 is 6.10 Å². The number of aromatic nitrogens is 1. The van der Waals surface area contributed by atoms with Crippen LogP contribution in [0.15, 0.2) is 30.5 Å². The number of hydrogen-bond acceptors (Lipinski definition) is 5. The molecule has 1 atom stereocenters. The van der Waals surface area contributed by atoms with Gasteiger partial charge >= 0.3 is 0 Å². The second kappa shape index (κ2) is 5.19. The van der Waals surface area contributed by atoms with Gasteiger partial charge in [0.25, 0.3) is 0 Å². The molecule has 1 aromatic carbocycles. The highest BCUT2D eigenvalue weighted by Gasteiger charge is 2.21. The number of ether oxygens (including phenoxy) is 2. The molecule has 0 spiro atoms. The summed E-state index contributed by atoms with van der Waals surface area (Å²) in [5, 5.41) is 10.7. The van der Waals surface area contributed by atoms with Crippen LogP contribution < -0.4 is 15.2 Å². The molecule has 6 heteroatoms. The van der Waals surface area contributed by atoms with E-state index in [1.54, 1.807) is 24.4 Å². The molecule has 0 fully saturated rings. The van der Waals surface area contributed by atoms with Gasteiger partial charge in [-0.05, 0) is 35.4 Å². The van der Waals surface area contributed by atoms with Gasteiger partial charge in [-0.15, -0.1) is 0 Å². The summed E-state index contributed by atoms with van der Waals surface area (Å²) in [6.45, 7) is 0.148. The second-order valence-corrected chi connectivity index (χ2v) is 4.95. The minimum atomic E-state index is -0.705. The van der Waals surface area contributed by atoms with Gasteiger partial charge in [0.05, 0.1) is 11.1 Å². The third-order valence-corrected chi connectivity index (χ3v) is 3.39. The van der Waals surface area contributed by atoms with E-state index >= 15 is 0 Å². The van der Waals surface area contributed by atoms with Gasteiger partial charge in [-0.1, -0.05) is 11.6 Å². The molecule has 0 saturated carbocycles. The molecule has 1 aliphatic heterocycles. The Balaban J connectivity index is 1.84. The van der Waals surface area contributed by atoms with E-state index in [-0.39, 0.29) is 6.79 Å². The lowest BCUT2D eigenvalue weighted by Gasteiger charge is -2.12. The molecule has 0 saturated heterocycles. The third kappa shape index (κ3) is 2.50. The largest absolute Gasteiger partial charge is 0.454 e. The predicted octanol–water partition coefficient (Wildman–Crippen LogP) is 2.32. The summed E-state index contributed by atoms with van der Waals surface area (Å²) >= 11 is 6.10. The third-order valence-electron chi connectivity index (χ3n) is 3.11. The van der Waals surface area contributed by atoms with E-state index in [0.717, 1.165) is 5.56 Å². The second-order valence-electron chi connectivity index (χ2n) is 4.55. The van der Waals surface area contributed by atoms with Crippen molar-refractivity contribution in [1.82, 2.24) is 4.98 Å². The first-order chi connectivity index (χ1) is 9.63. The number of hydrogen-bond donors (Lipinski definition) is 2. The molecule has 5 nitrogen and oxygen atoms in total. The lowest BCUT2D eigenvalue weighted by atomic mass is 10.0. The number of nitrogen functional groups attached to an aromatic ring is 1. The van der Waals surface area contributed by atoms with Gasteiger partial charge in [0.1, 0.15) is 5.82 Å². The first-order valence-electron chi connectivity index (χ1n) is 6.11. The van der Waals surface area contributed by atoms with Gasteiger partial charge in [0.15, 0.2) is 11.5 Å². The molecule has 0 amide bonds. The topological polar surface area (TPSA) is 77.6 Å². The van der Waals surface area contributed by atoms with Crippen LogP contribution in [0.3, 0.4) is 0 Å². The van der Waals surface area contributed by atoms with E-state index in [1.807, 2.05) is 6.07 Å². The summed E-state index contributed by atoms with van der Waals surface area (Å²) in [5.41, 5.74) is 7.20. The van der Waals surface area contributed by atoms with E-state index in [2.05, 4.69) is 4.98 Å². The first kappa shape index (κ1) is 13.0. The van der Waals surface area contributed by atoms with Crippen molar-refractivity contribution in [2.45, 2.75) is 12.5 Å². The van der Waals surface area contributed by atoms with E-state index in [4.69, 9.17) is 26.8 Å². The Labute approximate surface area is 120 Å². The van der Waals surface area contributed by atoms with Crippen molar-refractivity contribution in [2.24, 2.45) is 0 Å². The van der Waals surface area contributed by atoms with Gasteiger partial charge in [0, 0.05) is 12.6 Å². The van der Waals surface area contributed by atoms with Crippen LogP contribution in [0, 0.1) is 0 Å². The molecule has 3 rings (SSSR count). The molecule has 3 N–H and O–H groups in total. The number of aliphatic hydroxyl groups excluding tert-OH is 1. The number of anilines is 1. The van der Waals surface area contributed by atoms with Crippen molar-refractivity contribution >= 4 is 17.4 Å². The highest BCUT2D eigenvalue weighted by molar-refractivity contribution is 6.32. The smallest absolute Gasteiger partial charge is 0.231 e. The number of pyridine rings is 1. The fourth-order valence-electron chi connectivity index (χ4n) is 2.14. The van der Waals surface area contributed by atoms with Crippen LogP contribution >= 0.6 is 11.6 Å². The minimum Gasteiger partial charge on any atom is -0.454 e. The summed E-state index contributed by atoms with van der Waals surface area (Å²) in [6.07, 6.45) is 1.33. The Morgan fingerprint density at radius 2 is 2.20 bits per heavy atom. The number of rotatable bonds is 3. The molecule has 2 aromatic rings. The van der Waals surface area contributed by atoms with E-state index in [1.165, 1.54) is 0 Å². The number of aliphatic hydroxyl groups is 1. The summed E-state index contributed by atoms with van der Waals surface area (Å²) in [7, 11) is 0. The van der Waals surface area contributed by atoms with Gasteiger partial charge in [0.2, 0.25) is 6.79 Å². The van der Waals surface area contributed by atoms with Crippen molar-refractivity contribution in [3.8, 4) is 11.5 Å². The minimum absolute atomic E-state index is 0.148. The van der Waals surface area contributed by atoms with Gasteiger partial charge < -0.3 is 20.3 Å². The van der Waals surface area contributed by atoms with Gasteiger partial charge in [-0.2, -0.15) is 0 Å². The molecule has 0 aliphatic carbocycles. The van der Waals surface area contributed by atoms with Crippen LogP contribution in [-0.4, -0.2) is 16.9 Å². The molecule has 1 aliphatic rings. The van der Waals surface area contributed by atoms with Gasteiger partial charge in [-0.25, -0.2) is 4.98 Å². The van der Waals surface area contributed by atoms with Crippen molar-refractivity contribution in [3.05, 3.63) is 46.6 Å². The van der Waals surface area contributed by atoms with Crippen molar-refractivity contribution in [1.29, 1.82) is 0 Å². The molecular formula is C14H13ClN2O3. The van der Waals surface area contributed by atoms with Crippen LogP contribution in [0.1, 0.15) is 17.2 Å². The molecule has 0 bridgehead atoms. The lowest BCUT2D eigenvalue weighted by molar-refractivity contribution is 0.171. The maximum Gasteiger partial charge on any atom is 0.231 e. The zero-order valence-electron chi connectivity index (χ0n) is 10.5. The van der Waals surface area contributed by atoms with Crippen LogP contribution in [0.5, 0.6) is 11.5 Å². The van der Waals surface area contributed by atoms with E-state index in [0.29, 0.717) is 34.3 Å². The summed E-state index contributed by atoms with van der Waals surface area (Å²) in [5.74, 6) is 1.51. The van der Waals surface area contributed by atoms with E-state index in [9.17, 15) is 5.11 Å². The quantitative estimate of drug-likeness (QED) is 0.908. The van der Waals surface area contributed by atoms with Gasteiger partial charge in [-0.3, -0.25) is 0 Å². The highest BCUT2D eigenvalue weighted by atomic mass is 35.5. The molecule has 20 heavy (non-hydrogen) atoms. The fraction of sp³-hybridized carbons (Fsp3) is 0.214. The standard InChI is InChI=1S/C14H13ClN2O3/c15-10-5-9(6-12-14(10)20-7-19-12)11(18)3-8-1-2-17-13(16)4-8/h1-2,4-6,11,18H,3,7H2,(H2,16,17). The molecule has 1 unspecified atom stereocenters. The average molecular weight is 293 g/mol. The fourth-order valence-corrected chi connectivity index (χ4v) is 2.42. The predicted molar refractivity (Wildman–Crippen MR) is 74.9 cm³/mol. The monoisotopic (exact) mass is 292 g/mol. The molecule has 0 radical (unpaired) electrons. The first-order valence-corrected chi connectivity index (χ1v) is 6.49. The number of halogens is 1. The van der Waals surface area contributed by atoms with Crippen LogP contribution in [0.4, 0.5) is 5.82 Å². The number of nitrogens with zero attached hydrogens (tertiary/aromatic N) is 1.